The number of sulfonamides is 1. The van der Waals surface area contributed by atoms with Gasteiger partial charge in [-0.25, -0.2) is 13.2 Å². The summed E-state index contributed by atoms with van der Waals surface area (Å²) >= 11 is 5.81. The second-order valence-electron chi connectivity index (χ2n) is 6.98. The number of benzene rings is 2. The second-order valence-corrected chi connectivity index (χ2v) is 9.09. The van der Waals surface area contributed by atoms with Crippen LogP contribution in [0, 0.1) is 0 Å². The minimum absolute atomic E-state index is 0.0171. The summed E-state index contributed by atoms with van der Waals surface area (Å²) < 4.78 is 27.7. The highest BCUT2D eigenvalue weighted by Crippen LogP contribution is 2.21. The Morgan fingerprint density at radius 1 is 1.10 bits per heavy atom. The van der Waals surface area contributed by atoms with E-state index < -0.39 is 10.0 Å². The fourth-order valence-electron chi connectivity index (χ4n) is 2.98. The van der Waals surface area contributed by atoms with Gasteiger partial charge >= 0.3 is 6.03 Å². The number of rotatable bonds is 8. The number of urea groups is 1. The van der Waals surface area contributed by atoms with Gasteiger partial charge in [-0.2, -0.15) is 0 Å². The highest BCUT2D eigenvalue weighted by Gasteiger charge is 2.32. The van der Waals surface area contributed by atoms with E-state index in [1.54, 1.807) is 30.3 Å². The van der Waals surface area contributed by atoms with E-state index in [0.29, 0.717) is 22.8 Å². The van der Waals surface area contributed by atoms with E-state index in [9.17, 15) is 22.8 Å². The highest BCUT2D eigenvalue weighted by atomic mass is 35.5. The van der Waals surface area contributed by atoms with Crippen molar-refractivity contribution in [1.82, 2.24) is 9.80 Å². The molecule has 4 amide bonds. The summed E-state index contributed by atoms with van der Waals surface area (Å²) in [6.45, 7) is 0.186. The summed E-state index contributed by atoms with van der Waals surface area (Å²) in [4.78, 5) is 38.2. The molecular weight excluding hydrogens is 444 g/mol. The standard InChI is InChI=1S/C20H21ClN4O5S/c1-24-13-19(27)25(20(24)28)11-3-6-18(26)22-16-4-2-5-17(12-16)31(29,30)23-15-9-7-14(21)8-10-15/h2,4-5,7-10,12,23H,3,6,11,13H2,1H3,(H,22,26). The van der Waals surface area contributed by atoms with Gasteiger partial charge in [0.25, 0.3) is 10.0 Å². The lowest BCUT2D eigenvalue weighted by atomic mass is 10.2. The molecule has 0 aliphatic carbocycles. The van der Waals surface area contributed by atoms with Crippen LogP contribution in [0.3, 0.4) is 0 Å². The zero-order valence-corrected chi connectivity index (χ0v) is 18.2. The molecule has 0 bridgehead atoms. The van der Waals surface area contributed by atoms with Crippen LogP contribution in [0.15, 0.2) is 53.4 Å². The molecule has 9 nitrogen and oxygen atoms in total. The van der Waals surface area contributed by atoms with Gasteiger partial charge in [0.15, 0.2) is 0 Å². The number of nitrogens with zero attached hydrogens (tertiary/aromatic N) is 2. The predicted octanol–water partition coefficient (Wildman–Crippen LogP) is 2.75. The van der Waals surface area contributed by atoms with E-state index in [2.05, 4.69) is 10.0 Å². The summed E-state index contributed by atoms with van der Waals surface area (Å²) in [5.74, 6) is -0.647. The van der Waals surface area contributed by atoms with E-state index in [1.807, 2.05) is 0 Å². The fraction of sp³-hybridized carbons (Fsp3) is 0.250. The Bertz CT molecular complexity index is 1100. The van der Waals surface area contributed by atoms with Crippen LogP contribution in [0.4, 0.5) is 16.2 Å². The second kappa shape index (κ2) is 9.36. The van der Waals surface area contributed by atoms with Gasteiger partial charge in [-0.3, -0.25) is 19.2 Å². The largest absolute Gasteiger partial charge is 0.326 e. The molecule has 2 aromatic rings. The van der Waals surface area contributed by atoms with Gasteiger partial charge in [0.1, 0.15) is 6.54 Å². The molecule has 1 aliphatic rings. The number of anilines is 2. The number of hydrogen-bond donors (Lipinski definition) is 2. The molecule has 11 heteroatoms. The molecule has 0 atom stereocenters. The van der Waals surface area contributed by atoms with Crippen LogP contribution in [0.1, 0.15) is 12.8 Å². The Hall–Kier alpha value is -3.11. The van der Waals surface area contributed by atoms with E-state index in [1.165, 1.54) is 30.1 Å². The molecule has 0 unspecified atom stereocenters. The van der Waals surface area contributed by atoms with Crippen molar-refractivity contribution < 1.29 is 22.8 Å². The first kappa shape index (κ1) is 22.6. The van der Waals surface area contributed by atoms with Gasteiger partial charge in [0.2, 0.25) is 11.8 Å². The summed E-state index contributed by atoms with van der Waals surface area (Å²) in [5.41, 5.74) is 0.674. The topological polar surface area (TPSA) is 116 Å². The van der Waals surface area contributed by atoms with Gasteiger partial charge < -0.3 is 10.2 Å². The molecule has 0 radical (unpaired) electrons. The van der Waals surface area contributed by atoms with Gasteiger partial charge in [0.05, 0.1) is 4.90 Å². The molecule has 2 N–H and O–H groups in total. The molecule has 31 heavy (non-hydrogen) atoms. The third-order valence-corrected chi connectivity index (χ3v) is 6.17. The number of carbonyl (C=O) groups excluding carboxylic acids is 3. The molecule has 1 fully saturated rings. The predicted molar refractivity (Wildman–Crippen MR) is 116 cm³/mol. The lowest BCUT2D eigenvalue weighted by molar-refractivity contribution is -0.125. The number of amides is 4. The first-order valence-corrected chi connectivity index (χ1v) is 11.3. The first-order valence-electron chi connectivity index (χ1n) is 9.39. The summed E-state index contributed by atoms with van der Waals surface area (Å²) in [6.07, 6.45) is 0.369. The van der Waals surface area contributed by atoms with Gasteiger partial charge in [-0.05, 0) is 48.9 Å². The van der Waals surface area contributed by atoms with Crippen molar-refractivity contribution in [2.45, 2.75) is 17.7 Å². The maximum absolute atomic E-state index is 12.6. The van der Waals surface area contributed by atoms with Crippen molar-refractivity contribution in [3.8, 4) is 0 Å². The minimum Gasteiger partial charge on any atom is -0.326 e. The van der Waals surface area contributed by atoms with Gasteiger partial charge in [-0.1, -0.05) is 17.7 Å². The van der Waals surface area contributed by atoms with Crippen molar-refractivity contribution in [2.75, 3.05) is 30.2 Å². The summed E-state index contributed by atoms with van der Waals surface area (Å²) in [5, 5.41) is 3.12. The van der Waals surface area contributed by atoms with Gasteiger partial charge in [0, 0.05) is 36.4 Å². The maximum atomic E-state index is 12.6. The molecule has 164 valence electrons. The minimum atomic E-state index is -3.86. The van der Waals surface area contributed by atoms with Crippen molar-refractivity contribution >= 4 is 50.8 Å². The van der Waals surface area contributed by atoms with Crippen LogP contribution in [-0.2, 0) is 19.6 Å². The van der Waals surface area contributed by atoms with Crippen molar-refractivity contribution in [1.29, 1.82) is 0 Å². The van der Waals surface area contributed by atoms with Crippen LogP contribution >= 0.6 is 11.6 Å². The Kier molecular flexibility index (Phi) is 6.81. The monoisotopic (exact) mass is 464 g/mol. The van der Waals surface area contributed by atoms with Crippen LogP contribution in [-0.4, -0.2) is 56.2 Å². The average Bonchev–Trinajstić information content (AvgIpc) is 2.96. The van der Waals surface area contributed by atoms with Crippen molar-refractivity contribution in [3.05, 3.63) is 53.6 Å². The van der Waals surface area contributed by atoms with E-state index in [0.717, 1.165) is 4.90 Å². The number of nitrogens with one attached hydrogen (secondary N) is 2. The molecule has 0 spiro atoms. The smallest absolute Gasteiger partial charge is 0.326 e. The lowest BCUT2D eigenvalue weighted by Crippen LogP contribution is -2.32. The SMILES string of the molecule is CN1CC(=O)N(CCCC(=O)Nc2cccc(S(=O)(=O)Nc3ccc(Cl)cc3)c2)C1=O. The number of likely N-dealkylation sites (N-methyl/N-ethyl adjacent to an activating group) is 1. The van der Waals surface area contributed by atoms with Crippen molar-refractivity contribution in [3.63, 3.8) is 0 Å². The third kappa shape index (κ3) is 5.74. The van der Waals surface area contributed by atoms with Crippen LogP contribution in [0.5, 0.6) is 0 Å². The number of hydrogen-bond acceptors (Lipinski definition) is 5. The summed E-state index contributed by atoms with van der Waals surface area (Å²) in [7, 11) is -2.32. The van der Waals surface area contributed by atoms with Gasteiger partial charge in [-0.15, -0.1) is 0 Å². The van der Waals surface area contributed by atoms with Crippen LogP contribution < -0.4 is 10.0 Å². The normalized spacial score (nSPS) is 14.1. The maximum Gasteiger partial charge on any atom is 0.326 e. The fourth-order valence-corrected chi connectivity index (χ4v) is 4.21. The molecular formula is C20H21ClN4O5S. The average molecular weight is 465 g/mol. The third-order valence-electron chi connectivity index (χ3n) is 4.54. The molecule has 1 aliphatic heterocycles. The molecule has 3 rings (SSSR count). The van der Waals surface area contributed by atoms with E-state index in [-0.39, 0.29) is 42.3 Å². The Morgan fingerprint density at radius 3 is 2.45 bits per heavy atom. The quantitative estimate of drug-likeness (QED) is 0.583. The number of carbonyl (C=O) groups is 3. The molecule has 0 saturated carbocycles. The zero-order chi connectivity index (χ0) is 22.6. The molecule has 2 aromatic carbocycles. The first-order chi connectivity index (χ1) is 14.7. The van der Waals surface area contributed by atoms with E-state index in [4.69, 9.17) is 11.6 Å². The summed E-state index contributed by atoms with van der Waals surface area (Å²) in [6, 6.07) is 11.7. The molecule has 1 heterocycles. The van der Waals surface area contributed by atoms with E-state index >= 15 is 0 Å². The zero-order valence-electron chi connectivity index (χ0n) is 16.7. The van der Waals surface area contributed by atoms with Crippen LogP contribution in [0.25, 0.3) is 0 Å². The lowest BCUT2D eigenvalue weighted by Gasteiger charge is -2.14. The Labute approximate surface area is 185 Å². The Morgan fingerprint density at radius 2 is 1.81 bits per heavy atom. The number of halogens is 1. The number of imide groups is 1. The molecule has 1 saturated heterocycles. The van der Waals surface area contributed by atoms with Crippen LogP contribution in [0.2, 0.25) is 5.02 Å². The highest BCUT2D eigenvalue weighted by molar-refractivity contribution is 7.92. The Balaban J connectivity index is 1.57. The molecule has 0 aromatic heterocycles. The van der Waals surface area contributed by atoms with Crippen molar-refractivity contribution in [2.24, 2.45) is 0 Å².